The maximum Gasteiger partial charge on any atom is 0.0594 e. The summed E-state index contributed by atoms with van der Waals surface area (Å²) in [5.74, 6) is 1.03. The summed E-state index contributed by atoms with van der Waals surface area (Å²) in [4.78, 5) is 0. The van der Waals surface area contributed by atoms with Crippen LogP contribution >= 0.6 is 0 Å². The van der Waals surface area contributed by atoms with Crippen LogP contribution in [0.3, 0.4) is 0 Å². The Balaban J connectivity index is 2.51. The largest absolute Gasteiger partial charge is 0.320 e. The highest BCUT2D eigenvalue weighted by Crippen LogP contribution is 2.49. The third kappa shape index (κ3) is 1.69. The molecule has 2 aliphatic carbocycles. The molecule has 0 aromatic rings. The third-order valence-corrected chi connectivity index (χ3v) is 4.98. The zero-order valence-corrected chi connectivity index (χ0v) is 11.4. The highest BCUT2D eigenvalue weighted by molar-refractivity contribution is 5.39. The summed E-state index contributed by atoms with van der Waals surface area (Å²) >= 11 is 0. The molecule has 2 aliphatic rings. The standard InChI is InChI=1S/C15H26N2/c1-10(2)13-6-5-12(4)14(16)8-7-11(3)9-15(13,14)17/h9-10,13H,4-8,16-17H2,1-3H3/t13-,14+,15+/m1/s1. The van der Waals surface area contributed by atoms with Crippen LogP contribution in [0.25, 0.3) is 0 Å². The van der Waals surface area contributed by atoms with Crippen molar-refractivity contribution in [1.29, 1.82) is 0 Å². The fourth-order valence-corrected chi connectivity index (χ4v) is 3.82. The van der Waals surface area contributed by atoms with E-state index in [0.29, 0.717) is 11.8 Å². The minimum Gasteiger partial charge on any atom is -0.320 e. The van der Waals surface area contributed by atoms with Gasteiger partial charge in [-0.15, -0.1) is 0 Å². The van der Waals surface area contributed by atoms with E-state index in [1.165, 1.54) is 5.57 Å². The summed E-state index contributed by atoms with van der Waals surface area (Å²) in [7, 11) is 0. The lowest BCUT2D eigenvalue weighted by Gasteiger charge is -2.57. The van der Waals surface area contributed by atoms with Gasteiger partial charge < -0.3 is 11.5 Å². The van der Waals surface area contributed by atoms with Gasteiger partial charge in [-0.25, -0.2) is 0 Å². The molecule has 17 heavy (non-hydrogen) atoms. The van der Waals surface area contributed by atoms with E-state index >= 15 is 0 Å². The van der Waals surface area contributed by atoms with E-state index in [9.17, 15) is 0 Å². The molecule has 0 spiro atoms. The molecule has 3 atom stereocenters. The summed E-state index contributed by atoms with van der Waals surface area (Å²) in [5.41, 5.74) is 15.2. The van der Waals surface area contributed by atoms with Crippen LogP contribution in [0.4, 0.5) is 0 Å². The molecule has 4 N–H and O–H groups in total. The summed E-state index contributed by atoms with van der Waals surface area (Å²) in [5, 5.41) is 0. The van der Waals surface area contributed by atoms with Crippen LogP contribution in [0.5, 0.6) is 0 Å². The van der Waals surface area contributed by atoms with Gasteiger partial charge in [0.1, 0.15) is 0 Å². The minimum atomic E-state index is -0.390. The van der Waals surface area contributed by atoms with Gasteiger partial charge in [-0.3, -0.25) is 0 Å². The van der Waals surface area contributed by atoms with Crippen molar-refractivity contribution in [2.45, 2.75) is 57.5 Å². The second-order valence-electron chi connectivity index (χ2n) is 6.39. The Bertz CT molecular complexity index is 369. The molecule has 2 rings (SSSR count). The number of allylic oxidation sites excluding steroid dienone is 1. The quantitative estimate of drug-likeness (QED) is 0.685. The van der Waals surface area contributed by atoms with Gasteiger partial charge in [-0.1, -0.05) is 37.6 Å². The van der Waals surface area contributed by atoms with Gasteiger partial charge in [-0.2, -0.15) is 0 Å². The van der Waals surface area contributed by atoms with Crippen molar-refractivity contribution >= 4 is 0 Å². The second kappa shape index (κ2) is 3.96. The normalized spacial score (nSPS) is 42.4. The van der Waals surface area contributed by atoms with Crippen molar-refractivity contribution in [2.75, 3.05) is 0 Å². The average Bonchev–Trinajstić information content (AvgIpc) is 2.22. The van der Waals surface area contributed by atoms with E-state index in [2.05, 4.69) is 33.4 Å². The predicted octanol–water partition coefficient (Wildman–Crippen LogP) is 2.74. The molecule has 0 heterocycles. The van der Waals surface area contributed by atoms with Crippen molar-refractivity contribution in [2.24, 2.45) is 23.3 Å². The number of hydrogen-bond donors (Lipinski definition) is 2. The number of nitrogens with two attached hydrogens (primary N) is 2. The van der Waals surface area contributed by atoms with E-state index in [1.807, 2.05) is 0 Å². The van der Waals surface area contributed by atoms with E-state index in [0.717, 1.165) is 31.3 Å². The molecule has 0 aliphatic heterocycles. The number of hydrogen-bond acceptors (Lipinski definition) is 2. The Morgan fingerprint density at radius 1 is 1.35 bits per heavy atom. The van der Waals surface area contributed by atoms with Gasteiger partial charge in [0.05, 0.1) is 11.1 Å². The zero-order chi connectivity index (χ0) is 12.8. The van der Waals surface area contributed by atoms with Gasteiger partial charge >= 0.3 is 0 Å². The Labute approximate surface area is 105 Å². The maximum absolute atomic E-state index is 6.76. The van der Waals surface area contributed by atoms with Crippen molar-refractivity contribution in [3.63, 3.8) is 0 Å². The first-order valence-electron chi connectivity index (χ1n) is 6.75. The Hall–Kier alpha value is -0.600. The first-order valence-corrected chi connectivity index (χ1v) is 6.75. The van der Waals surface area contributed by atoms with Crippen LogP contribution in [0.2, 0.25) is 0 Å². The first kappa shape index (κ1) is 12.8. The molecule has 0 bridgehead atoms. The molecule has 96 valence electrons. The van der Waals surface area contributed by atoms with Gasteiger partial charge in [0.25, 0.3) is 0 Å². The molecule has 0 unspecified atom stereocenters. The Morgan fingerprint density at radius 2 is 2.00 bits per heavy atom. The fourth-order valence-electron chi connectivity index (χ4n) is 3.82. The molecule has 0 amide bonds. The summed E-state index contributed by atoms with van der Waals surface area (Å²) in [6.45, 7) is 10.9. The topological polar surface area (TPSA) is 52.0 Å². The van der Waals surface area contributed by atoms with Crippen LogP contribution in [-0.2, 0) is 0 Å². The number of rotatable bonds is 1. The number of fused-ring (bicyclic) bond motifs is 1. The lowest BCUT2D eigenvalue weighted by atomic mass is 9.54. The molecule has 2 heteroatoms. The Kier molecular flexibility index (Phi) is 2.99. The average molecular weight is 234 g/mol. The summed E-state index contributed by atoms with van der Waals surface area (Å²) < 4.78 is 0. The molecule has 1 fully saturated rings. The van der Waals surface area contributed by atoms with E-state index in [-0.39, 0.29) is 5.54 Å². The monoisotopic (exact) mass is 234 g/mol. The Morgan fingerprint density at radius 3 is 2.59 bits per heavy atom. The van der Waals surface area contributed by atoms with Gasteiger partial charge in [0.2, 0.25) is 0 Å². The molecular weight excluding hydrogens is 208 g/mol. The second-order valence-corrected chi connectivity index (χ2v) is 6.39. The van der Waals surface area contributed by atoms with Crippen molar-refractivity contribution in [1.82, 2.24) is 0 Å². The lowest BCUT2D eigenvalue weighted by Crippen LogP contribution is -2.72. The molecule has 0 saturated heterocycles. The maximum atomic E-state index is 6.76. The van der Waals surface area contributed by atoms with Crippen molar-refractivity contribution in [3.8, 4) is 0 Å². The molecule has 1 saturated carbocycles. The van der Waals surface area contributed by atoms with E-state index in [1.54, 1.807) is 0 Å². The molecule has 0 radical (unpaired) electrons. The molecule has 2 nitrogen and oxygen atoms in total. The van der Waals surface area contributed by atoms with Gasteiger partial charge in [0.15, 0.2) is 0 Å². The third-order valence-electron chi connectivity index (χ3n) is 4.98. The molecule has 0 aromatic heterocycles. The highest BCUT2D eigenvalue weighted by Gasteiger charge is 2.55. The van der Waals surface area contributed by atoms with Crippen LogP contribution < -0.4 is 11.5 Å². The smallest absolute Gasteiger partial charge is 0.0594 e. The van der Waals surface area contributed by atoms with Gasteiger partial charge in [-0.05, 0) is 44.4 Å². The fraction of sp³-hybridized carbons (Fsp3) is 0.733. The lowest BCUT2D eigenvalue weighted by molar-refractivity contribution is 0.116. The van der Waals surface area contributed by atoms with Crippen LogP contribution in [0, 0.1) is 11.8 Å². The van der Waals surface area contributed by atoms with Crippen molar-refractivity contribution in [3.05, 3.63) is 23.8 Å². The first-order chi connectivity index (χ1) is 7.81. The zero-order valence-electron chi connectivity index (χ0n) is 11.4. The van der Waals surface area contributed by atoms with E-state index in [4.69, 9.17) is 11.5 Å². The van der Waals surface area contributed by atoms with Crippen LogP contribution in [0.1, 0.15) is 46.5 Å². The SMILES string of the molecule is C=C1CC[C@H](C(C)C)[C@@]2(N)C=C(C)CC[C@]12N. The molecular formula is C15H26N2. The highest BCUT2D eigenvalue weighted by atomic mass is 15.0. The van der Waals surface area contributed by atoms with Crippen LogP contribution in [0.15, 0.2) is 23.8 Å². The van der Waals surface area contributed by atoms with Crippen molar-refractivity contribution < 1.29 is 0 Å². The van der Waals surface area contributed by atoms with Gasteiger partial charge in [0, 0.05) is 0 Å². The molecule has 0 aromatic carbocycles. The van der Waals surface area contributed by atoms with E-state index < -0.39 is 5.54 Å². The summed E-state index contributed by atoms with van der Waals surface area (Å²) in [6.07, 6.45) is 6.40. The minimum absolute atomic E-state index is 0.389. The van der Waals surface area contributed by atoms with Crippen LogP contribution in [-0.4, -0.2) is 11.1 Å². The summed E-state index contributed by atoms with van der Waals surface area (Å²) in [6, 6.07) is 0. The predicted molar refractivity (Wildman–Crippen MR) is 73.5 cm³/mol.